The van der Waals surface area contributed by atoms with E-state index in [9.17, 15) is 4.79 Å². The predicted molar refractivity (Wildman–Crippen MR) is 68.1 cm³/mol. The van der Waals surface area contributed by atoms with Gasteiger partial charge in [-0.1, -0.05) is 24.4 Å². The van der Waals surface area contributed by atoms with Crippen LogP contribution in [0.25, 0.3) is 0 Å². The highest BCUT2D eigenvalue weighted by Gasteiger charge is 2.18. The molecule has 17 heavy (non-hydrogen) atoms. The van der Waals surface area contributed by atoms with Gasteiger partial charge >= 0.3 is 5.97 Å². The molecular formula is C13H16ClNO2. The van der Waals surface area contributed by atoms with E-state index in [1.165, 1.54) is 12.8 Å². The van der Waals surface area contributed by atoms with Crippen LogP contribution >= 0.6 is 11.6 Å². The van der Waals surface area contributed by atoms with Crippen LogP contribution in [0.5, 0.6) is 0 Å². The van der Waals surface area contributed by atoms with Crippen molar-refractivity contribution in [1.82, 2.24) is 0 Å². The maximum Gasteiger partial charge on any atom is 0.340 e. The molecule has 4 heteroatoms. The molecule has 0 saturated heterocycles. The Morgan fingerprint density at radius 3 is 2.82 bits per heavy atom. The third-order valence-corrected chi connectivity index (χ3v) is 3.40. The van der Waals surface area contributed by atoms with Crippen LogP contribution in [0.15, 0.2) is 18.2 Å². The molecular weight excluding hydrogens is 238 g/mol. The number of halogens is 1. The van der Waals surface area contributed by atoms with Gasteiger partial charge in [0.1, 0.15) is 0 Å². The number of nitrogen functional groups attached to an aromatic ring is 1. The number of esters is 1. The quantitative estimate of drug-likeness (QED) is 0.664. The summed E-state index contributed by atoms with van der Waals surface area (Å²) in [4.78, 5) is 11.8. The SMILES string of the molecule is Nc1ccc(Cl)cc1C(=O)OCC1CCCC1. The third kappa shape index (κ3) is 3.13. The molecule has 0 amide bonds. The van der Waals surface area contributed by atoms with Crippen molar-refractivity contribution in [2.45, 2.75) is 25.7 Å². The molecule has 0 spiro atoms. The van der Waals surface area contributed by atoms with Crippen molar-refractivity contribution < 1.29 is 9.53 Å². The second-order valence-corrected chi connectivity index (χ2v) is 4.92. The first kappa shape index (κ1) is 12.2. The van der Waals surface area contributed by atoms with Gasteiger partial charge in [0.05, 0.1) is 12.2 Å². The summed E-state index contributed by atoms with van der Waals surface area (Å²) in [6.45, 7) is 0.491. The summed E-state index contributed by atoms with van der Waals surface area (Å²) in [5, 5.41) is 0.493. The summed E-state index contributed by atoms with van der Waals surface area (Å²) in [6.07, 6.45) is 4.78. The number of hydrogen-bond donors (Lipinski definition) is 1. The molecule has 0 aromatic heterocycles. The number of benzene rings is 1. The standard InChI is InChI=1S/C13H16ClNO2/c14-10-5-6-12(15)11(7-10)13(16)17-8-9-3-1-2-4-9/h5-7,9H,1-4,8,15H2. The first-order valence-electron chi connectivity index (χ1n) is 5.89. The smallest absolute Gasteiger partial charge is 0.340 e. The molecule has 0 bridgehead atoms. The van der Waals surface area contributed by atoms with E-state index in [0.717, 1.165) is 12.8 Å². The maximum atomic E-state index is 11.8. The van der Waals surface area contributed by atoms with Crippen LogP contribution < -0.4 is 5.73 Å². The zero-order chi connectivity index (χ0) is 12.3. The lowest BCUT2D eigenvalue weighted by Crippen LogP contribution is -2.13. The van der Waals surface area contributed by atoms with Gasteiger partial charge in [0, 0.05) is 10.7 Å². The second-order valence-electron chi connectivity index (χ2n) is 4.48. The highest BCUT2D eigenvalue weighted by atomic mass is 35.5. The third-order valence-electron chi connectivity index (χ3n) is 3.16. The minimum Gasteiger partial charge on any atom is -0.462 e. The summed E-state index contributed by atoms with van der Waals surface area (Å²) in [5.41, 5.74) is 6.48. The van der Waals surface area contributed by atoms with Crippen molar-refractivity contribution in [1.29, 1.82) is 0 Å². The highest BCUT2D eigenvalue weighted by Crippen LogP contribution is 2.25. The van der Waals surface area contributed by atoms with Crippen LogP contribution in [0.4, 0.5) is 5.69 Å². The van der Waals surface area contributed by atoms with Crippen molar-refractivity contribution in [3.8, 4) is 0 Å². The summed E-state index contributed by atoms with van der Waals surface area (Å²) < 4.78 is 5.27. The number of carbonyl (C=O) groups is 1. The minimum atomic E-state index is -0.378. The van der Waals surface area contributed by atoms with Crippen molar-refractivity contribution in [3.63, 3.8) is 0 Å². The lowest BCUT2D eigenvalue weighted by molar-refractivity contribution is 0.0444. The molecule has 0 aliphatic heterocycles. The molecule has 1 aliphatic rings. The van der Waals surface area contributed by atoms with E-state index >= 15 is 0 Å². The van der Waals surface area contributed by atoms with Gasteiger partial charge in [0.2, 0.25) is 0 Å². The van der Waals surface area contributed by atoms with Gasteiger partial charge in [-0.05, 0) is 37.0 Å². The summed E-state index contributed by atoms with van der Waals surface area (Å²) >= 11 is 5.82. The van der Waals surface area contributed by atoms with E-state index in [4.69, 9.17) is 22.1 Å². The topological polar surface area (TPSA) is 52.3 Å². The predicted octanol–water partition coefficient (Wildman–Crippen LogP) is 3.27. The fourth-order valence-corrected chi connectivity index (χ4v) is 2.33. The van der Waals surface area contributed by atoms with E-state index < -0.39 is 0 Å². The minimum absolute atomic E-state index is 0.357. The Bertz CT molecular complexity index is 414. The molecule has 1 aromatic carbocycles. The van der Waals surface area contributed by atoms with Crippen molar-refractivity contribution in [2.75, 3.05) is 12.3 Å². The van der Waals surface area contributed by atoms with Crippen molar-refractivity contribution in [2.24, 2.45) is 5.92 Å². The Balaban J connectivity index is 1.96. The number of ether oxygens (including phenoxy) is 1. The molecule has 2 rings (SSSR count). The lowest BCUT2D eigenvalue weighted by Gasteiger charge is -2.11. The van der Waals surface area contributed by atoms with Crippen LogP contribution in [0.1, 0.15) is 36.0 Å². The molecule has 1 saturated carbocycles. The van der Waals surface area contributed by atoms with E-state index in [2.05, 4.69) is 0 Å². The van der Waals surface area contributed by atoms with Gasteiger partial charge in [0.25, 0.3) is 0 Å². The molecule has 1 aliphatic carbocycles. The van der Waals surface area contributed by atoms with E-state index in [0.29, 0.717) is 28.8 Å². The van der Waals surface area contributed by atoms with Gasteiger partial charge < -0.3 is 10.5 Å². The van der Waals surface area contributed by atoms with Crippen LogP contribution in [0.2, 0.25) is 5.02 Å². The van der Waals surface area contributed by atoms with Crippen LogP contribution in [-0.2, 0) is 4.74 Å². The fraction of sp³-hybridized carbons (Fsp3) is 0.462. The van der Waals surface area contributed by atoms with E-state index in [1.807, 2.05) is 0 Å². The molecule has 0 radical (unpaired) electrons. The number of rotatable bonds is 3. The number of anilines is 1. The largest absolute Gasteiger partial charge is 0.462 e. The monoisotopic (exact) mass is 253 g/mol. The molecule has 2 N–H and O–H groups in total. The Labute approximate surface area is 106 Å². The summed E-state index contributed by atoms with van der Waals surface area (Å²) in [6, 6.07) is 4.83. The van der Waals surface area contributed by atoms with Gasteiger partial charge in [-0.25, -0.2) is 4.79 Å². The zero-order valence-electron chi connectivity index (χ0n) is 9.62. The Kier molecular flexibility index (Phi) is 3.89. The van der Waals surface area contributed by atoms with Crippen LogP contribution in [0, 0.1) is 5.92 Å². The highest BCUT2D eigenvalue weighted by molar-refractivity contribution is 6.31. The Hall–Kier alpha value is -1.22. The fourth-order valence-electron chi connectivity index (χ4n) is 2.15. The average molecular weight is 254 g/mol. The molecule has 0 atom stereocenters. The number of carbonyl (C=O) groups excluding carboxylic acids is 1. The molecule has 0 unspecified atom stereocenters. The first-order chi connectivity index (χ1) is 8.16. The molecule has 3 nitrogen and oxygen atoms in total. The maximum absolute atomic E-state index is 11.8. The molecule has 0 heterocycles. The van der Waals surface area contributed by atoms with Crippen LogP contribution in [0.3, 0.4) is 0 Å². The van der Waals surface area contributed by atoms with Gasteiger partial charge in [0.15, 0.2) is 0 Å². The van der Waals surface area contributed by atoms with Gasteiger partial charge in [-0.15, -0.1) is 0 Å². The van der Waals surface area contributed by atoms with E-state index in [1.54, 1.807) is 18.2 Å². The zero-order valence-corrected chi connectivity index (χ0v) is 10.4. The Morgan fingerprint density at radius 2 is 2.12 bits per heavy atom. The van der Waals surface area contributed by atoms with Gasteiger partial charge in [-0.3, -0.25) is 0 Å². The van der Waals surface area contributed by atoms with Crippen molar-refractivity contribution in [3.05, 3.63) is 28.8 Å². The first-order valence-corrected chi connectivity index (χ1v) is 6.27. The lowest BCUT2D eigenvalue weighted by atomic mass is 10.1. The molecule has 92 valence electrons. The molecule has 1 fully saturated rings. The second kappa shape index (κ2) is 5.41. The molecule has 1 aromatic rings. The Morgan fingerprint density at radius 1 is 1.41 bits per heavy atom. The van der Waals surface area contributed by atoms with E-state index in [-0.39, 0.29) is 5.97 Å². The van der Waals surface area contributed by atoms with Crippen LogP contribution in [-0.4, -0.2) is 12.6 Å². The number of hydrogen-bond acceptors (Lipinski definition) is 3. The number of nitrogens with two attached hydrogens (primary N) is 1. The average Bonchev–Trinajstić information content (AvgIpc) is 2.82. The van der Waals surface area contributed by atoms with Crippen molar-refractivity contribution >= 4 is 23.3 Å². The normalized spacial score (nSPS) is 16.1. The van der Waals surface area contributed by atoms with Gasteiger partial charge in [-0.2, -0.15) is 0 Å². The summed E-state index contributed by atoms with van der Waals surface area (Å²) in [5.74, 6) is 0.135. The summed E-state index contributed by atoms with van der Waals surface area (Å²) in [7, 11) is 0.